The average Bonchev–Trinajstić information content (AvgIpc) is 2.63. The van der Waals surface area contributed by atoms with Gasteiger partial charge in [0.25, 0.3) is 0 Å². The van der Waals surface area contributed by atoms with Crippen LogP contribution in [0.5, 0.6) is 11.5 Å². The van der Waals surface area contributed by atoms with Crippen LogP contribution in [0.4, 0.5) is 0 Å². The first-order valence-corrected chi connectivity index (χ1v) is 8.00. The van der Waals surface area contributed by atoms with Crippen molar-refractivity contribution in [1.82, 2.24) is 0 Å². The Morgan fingerprint density at radius 3 is 2.46 bits per heavy atom. The van der Waals surface area contributed by atoms with Crippen LogP contribution < -0.4 is 20.2 Å². The molecule has 1 heterocycles. The predicted molar refractivity (Wildman–Crippen MR) is 93.3 cm³/mol. The molecule has 0 aliphatic carbocycles. The zero-order valence-corrected chi connectivity index (χ0v) is 14.4. The normalized spacial score (nSPS) is 10.7. The molecule has 0 aliphatic rings. The second kappa shape index (κ2) is 7.31. The van der Waals surface area contributed by atoms with E-state index in [0.717, 1.165) is 11.3 Å². The molecule has 0 N–H and O–H groups in total. The Morgan fingerprint density at radius 1 is 1.12 bits per heavy atom. The molecule has 0 unspecified atom stereocenters. The lowest BCUT2D eigenvalue weighted by Crippen LogP contribution is -2.27. The van der Waals surface area contributed by atoms with Gasteiger partial charge < -0.3 is 23.8 Å². The smallest absolute Gasteiger partial charge is 0.340 e. The number of methoxy groups -OCH3 is 1. The van der Waals surface area contributed by atoms with Gasteiger partial charge in [0, 0.05) is 29.4 Å². The van der Waals surface area contributed by atoms with E-state index in [-0.39, 0.29) is 5.56 Å². The number of carboxylic acids is 1. The van der Waals surface area contributed by atoms with E-state index in [1.807, 2.05) is 24.3 Å². The second-order valence-corrected chi connectivity index (χ2v) is 5.84. The molecular weight excluding hydrogens is 336 g/mol. The summed E-state index contributed by atoms with van der Waals surface area (Å²) < 4.78 is 16.1. The van der Waals surface area contributed by atoms with Gasteiger partial charge in [-0.3, -0.25) is 0 Å². The average molecular weight is 353 g/mol. The number of benzene rings is 2. The van der Waals surface area contributed by atoms with Crippen LogP contribution in [-0.2, 0) is 17.8 Å². The van der Waals surface area contributed by atoms with Gasteiger partial charge in [-0.2, -0.15) is 0 Å². The number of aliphatic carboxylic acids is 1. The zero-order chi connectivity index (χ0) is 18.7. The molecule has 3 rings (SSSR count). The Bertz CT molecular complexity index is 1000. The number of hydrogen-bond acceptors (Lipinski definition) is 6. The monoisotopic (exact) mass is 353 g/mol. The van der Waals surface area contributed by atoms with Gasteiger partial charge in [0.2, 0.25) is 0 Å². The van der Waals surface area contributed by atoms with Gasteiger partial charge in [-0.1, -0.05) is 12.1 Å². The fourth-order valence-electron chi connectivity index (χ4n) is 2.70. The molecule has 1 aromatic heterocycles. The van der Waals surface area contributed by atoms with E-state index in [9.17, 15) is 14.7 Å². The lowest BCUT2D eigenvalue weighted by Gasteiger charge is -2.11. The minimum absolute atomic E-state index is 0.101. The minimum Gasteiger partial charge on any atom is -0.550 e. The lowest BCUT2D eigenvalue weighted by molar-refractivity contribution is -0.304. The van der Waals surface area contributed by atoms with E-state index >= 15 is 0 Å². The summed E-state index contributed by atoms with van der Waals surface area (Å²) in [6.45, 7) is 2.04. The predicted octanol–water partition coefficient (Wildman–Crippen LogP) is 1.98. The highest BCUT2D eigenvalue weighted by molar-refractivity contribution is 5.83. The van der Waals surface area contributed by atoms with Crippen LogP contribution in [0.15, 0.2) is 51.7 Å². The summed E-state index contributed by atoms with van der Waals surface area (Å²) in [6, 6.07) is 12.6. The van der Waals surface area contributed by atoms with Crippen LogP contribution in [0, 0.1) is 6.92 Å². The zero-order valence-electron chi connectivity index (χ0n) is 14.4. The van der Waals surface area contributed by atoms with Gasteiger partial charge >= 0.3 is 5.63 Å². The molecule has 6 heteroatoms. The SMILES string of the molecule is COc1ccc(COc2ccc3c(C)c(CC(=O)[O-])c(=O)oc3c2)cc1. The molecule has 0 fully saturated rings. The van der Waals surface area contributed by atoms with Crippen molar-refractivity contribution in [3.8, 4) is 11.5 Å². The summed E-state index contributed by atoms with van der Waals surface area (Å²) in [4.78, 5) is 22.8. The lowest BCUT2D eigenvalue weighted by atomic mass is 10.0. The number of ether oxygens (including phenoxy) is 2. The topological polar surface area (TPSA) is 88.8 Å². The first-order valence-electron chi connectivity index (χ1n) is 8.00. The summed E-state index contributed by atoms with van der Waals surface area (Å²) in [5, 5.41) is 11.5. The summed E-state index contributed by atoms with van der Waals surface area (Å²) in [6.07, 6.45) is -0.472. The molecule has 3 aromatic rings. The maximum atomic E-state index is 12.0. The maximum absolute atomic E-state index is 12.0. The van der Waals surface area contributed by atoms with Crippen molar-refractivity contribution in [2.45, 2.75) is 20.0 Å². The molecule has 0 aliphatic heterocycles. The Labute approximate surface area is 149 Å². The molecule has 2 aromatic carbocycles. The van der Waals surface area contributed by atoms with Crippen molar-refractivity contribution >= 4 is 16.9 Å². The maximum Gasteiger partial charge on any atom is 0.340 e. The fourth-order valence-corrected chi connectivity index (χ4v) is 2.70. The van der Waals surface area contributed by atoms with Crippen LogP contribution in [-0.4, -0.2) is 13.1 Å². The van der Waals surface area contributed by atoms with Gasteiger partial charge in [-0.25, -0.2) is 4.79 Å². The minimum atomic E-state index is -1.32. The van der Waals surface area contributed by atoms with Crippen molar-refractivity contribution in [3.63, 3.8) is 0 Å². The van der Waals surface area contributed by atoms with Gasteiger partial charge in [0.05, 0.1) is 7.11 Å². The molecule has 0 radical (unpaired) electrons. The Kier molecular flexibility index (Phi) is 4.93. The summed E-state index contributed by atoms with van der Waals surface area (Å²) in [7, 11) is 1.61. The number of fused-ring (bicyclic) bond motifs is 1. The number of rotatable bonds is 6. The summed E-state index contributed by atoms with van der Waals surface area (Å²) in [5.41, 5.74) is 1.31. The third kappa shape index (κ3) is 3.69. The molecule has 0 saturated carbocycles. The molecule has 0 amide bonds. The Hall–Kier alpha value is -3.28. The van der Waals surface area contributed by atoms with Crippen LogP contribution >= 0.6 is 0 Å². The molecule has 0 spiro atoms. The van der Waals surface area contributed by atoms with Crippen molar-refractivity contribution in [3.05, 3.63) is 69.6 Å². The van der Waals surface area contributed by atoms with Gasteiger partial charge in [0.1, 0.15) is 23.7 Å². The van der Waals surface area contributed by atoms with Crippen molar-refractivity contribution in [2.75, 3.05) is 7.11 Å². The fraction of sp³-hybridized carbons (Fsp3) is 0.200. The van der Waals surface area contributed by atoms with Gasteiger partial charge in [0.15, 0.2) is 0 Å². The first-order chi connectivity index (χ1) is 12.5. The first kappa shape index (κ1) is 17.5. The van der Waals surface area contributed by atoms with Crippen LogP contribution in [0.25, 0.3) is 11.0 Å². The van der Waals surface area contributed by atoms with E-state index in [2.05, 4.69) is 0 Å². The summed E-state index contributed by atoms with van der Waals surface area (Å²) in [5.74, 6) is -0.00761. The van der Waals surface area contributed by atoms with Crippen LogP contribution in [0.3, 0.4) is 0 Å². The number of carboxylic acid groups (broad SMARTS) is 1. The largest absolute Gasteiger partial charge is 0.550 e. The van der Waals surface area contributed by atoms with Crippen molar-refractivity contribution < 1.29 is 23.8 Å². The van der Waals surface area contributed by atoms with Crippen LogP contribution in [0.2, 0.25) is 0 Å². The van der Waals surface area contributed by atoms with Gasteiger partial charge in [-0.05, 0) is 42.3 Å². The van der Waals surface area contributed by atoms with E-state index in [1.165, 1.54) is 0 Å². The highest BCUT2D eigenvalue weighted by Crippen LogP contribution is 2.25. The van der Waals surface area contributed by atoms with E-state index in [0.29, 0.717) is 28.9 Å². The quantitative estimate of drug-likeness (QED) is 0.630. The molecule has 6 nitrogen and oxygen atoms in total. The second-order valence-electron chi connectivity index (χ2n) is 5.84. The molecule has 134 valence electrons. The third-order valence-electron chi connectivity index (χ3n) is 4.14. The Morgan fingerprint density at radius 2 is 1.81 bits per heavy atom. The molecule has 0 atom stereocenters. The number of carbonyl (C=O) groups is 1. The third-order valence-corrected chi connectivity index (χ3v) is 4.14. The number of aryl methyl sites for hydroxylation is 1. The van der Waals surface area contributed by atoms with Crippen molar-refractivity contribution in [2.24, 2.45) is 0 Å². The van der Waals surface area contributed by atoms with E-state index in [4.69, 9.17) is 13.9 Å². The highest BCUT2D eigenvalue weighted by Gasteiger charge is 2.12. The highest BCUT2D eigenvalue weighted by atomic mass is 16.5. The number of carbonyl (C=O) groups excluding carboxylic acids is 1. The van der Waals surface area contributed by atoms with Crippen LogP contribution in [0.1, 0.15) is 16.7 Å². The molecule has 0 saturated heterocycles. The van der Waals surface area contributed by atoms with Crippen molar-refractivity contribution in [1.29, 1.82) is 0 Å². The summed E-state index contributed by atoms with van der Waals surface area (Å²) >= 11 is 0. The molecule has 0 bridgehead atoms. The molecule has 26 heavy (non-hydrogen) atoms. The van der Waals surface area contributed by atoms with E-state index < -0.39 is 18.0 Å². The standard InChI is InChI=1S/C20H18O6/c1-12-16-8-7-15(25-11-13-3-5-14(24-2)6-4-13)9-18(16)26-20(23)17(12)10-19(21)22/h3-9H,10-11H2,1-2H3,(H,21,22)/p-1. The van der Waals surface area contributed by atoms with Gasteiger partial charge in [-0.15, -0.1) is 0 Å². The number of hydrogen-bond donors (Lipinski definition) is 0. The van der Waals surface area contributed by atoms with E-state index in [1.54, 1.807) is 32.2 Å². The molecular formula is C20H17O6-. The Balaban J connectivity index is 1.84.